The summed E-state index contributed by atoms with van der Waals surface area (Å²) >= 11 is 3.26. The number of aromatic amines is 2. The van der Waals surface area contributed by atoms with Gasteiger partial charge in [-0.2, -0.15) is 0 Å². The van der Waals surface area contributed by atoms with Crippen molar-refractivity contribution in [3.8, 4) is 0 Å². The van der Waals surface area contributed by atoms with E-state index in [0.29, 0.717) is 16.6 Å². The lowest BCUT2D eigenvalue weighted by Crippen LogP contribution is -1.97. The van der Waals surface area contributed by atoms with Crippen LogP contribution >= 0.6 is 15.9 Å². The van der Waals surface area contributed by atoms with E-state index in [2.05, 4.69) is 26.1 Å². The molecule has 0 aliphatic rings. The van der Waals surface area contributed by atoms with E-state index < -0.39 is 0 Å². The molecule has 0 saturated heterocycles. The SMILES string of the molecule is Nc1cc(Br)cc2c(=O)[nH][nH]c12. The molecular formula is C7H6BrN3O. The molecule has 0 aliphatic heterocycles. The number of H-pyrrole nitrogens is 2. The van der Waals surface area contributed by atoms with Crippen molar-refractivity contribution in [3.05, 3.63) is 27.0 Å². The number of rotatable bonds is 0. The van der Waals surface area contributed by atoms with Crippen molar-refractivity contribution in [1.29, 1.82) is 0 Å². The number of nitrogen functional groups attached to an aromatic ring is 1. The Hall–Kier alpha value is -1.23. The van der Waals surface area contributed by atoms with Gasteiger partial charge in [0.15, 0.2) is 0 Å². The van der Waals surface area contributed by atoms with Crippen LogP contribution in [0.3, 0.4) is 0 Å². The highest BCUT2D eigenvalue weighted by Crippen LogP contribution is 2.21. The second-order valence-corrected chi connectivity index (χ2v) is 3.41. The van der Waals surface area contributed by atoms with Crippen LogP contribution < -0.4 is 11.3 Å². The van der Waals surface area contributed by atoms with E-state index in [1.165, 1.54) is 0 Å². The first-order chi connectivity index (χ1) is 5.68. The van der Waals surface area contributed by atoms with Gasteiger partial charge in [-0.1, -0.05) is 15.9 Å². The van der Waals surface area contributed by atoms with Gasteiger partial charge >= 0.3 is 0 Å². The van der Waals surface area contributed by atoms with Crippen LogP contribution in [-0.4, -0.2) is 10.2 Å². The van der Waals surface area contributed by atoms with Gasteiger partial charge in [0.2, 0.25) is 0 Å². The number of nitrogens with one attached hydrogen (secondary N) is 2. The molecule has 0 radical (unpaired) electrons. The maximum absolute atomic E-state index is 11.1. The lowest BCUT2D eigenvalue weighted by Gasteiger charge is -1.95. The Bertz CT molecular complexity index is 485. The summed E-state index contributed by atoms with van der Waals surface area (Å²) in [7, 11) is 0. The van der Waals surface area contributed by atoms with Crippen LogP contribution in [-0.2, 0) is 0 Å². The zero-order valence-corrected chi connectivity index (χ0v) is 7.60. The van der Waals surface area contributed by atoms with Crippen LogP contribution in [0.4, 0.5) is 5.69 Å². The molecule has 1 aromatic carbocycles. The molecule has 5 heteroatoms. The number of aromatic nitrogens is 2. The van der Waals surface area contributed by atoms with E-state index in [4.69, 9.17) is 5.73 Å². The summed E-state index contributed by atoms with van der Waals surface area (Å²) in [5, 5.41) is 5.73. The Morgan fingerprint density at radius 3 is 2.83 bits per heavy atom. The number of hydrogen-bond acceptors (Lipinski definition) is 2. The topological polar surface area (TPSA) is 74.7 Å². The zero-order valence-electron chi connectivity index (χ0n) is 6.02. The van der Waals surface area contributed by atoms with Crippen LogP contribution in [0.15, 0.2) is 21.4 Å². The molecule has 2 aromatic rings. The van der Waals surface area contributed by atoms with Gasteiger partial charge in [0.25, 0.3) is 5.56 Å². The molecule has 0 aliphatic carbocycles. The molecule has 0 unspecified atom stereocenters. The van der Waals surface area contributed by atoms with Crippen molar-refractivity contribution < 1.29 is 0 Å². The maximum atomic E-state index is 11.1. The fraction of sp³-hybridized carbons (Fsp3) is 0. The van der Waals surface area contributed by atoms with E-state index in [0.717, 1.165) is 4.47 Å². The Balaban J connectivity index is 3.02. The number of fused-ring (bicyclic) bond motifs is 1. The van der Waals surface area contributed by atoms with E-state index in [-0.39, 0.29) is 5.56 Å². The van der Waals surface area contributed by atoms with E-state index in [9.17, 15) is 4.79 Å². The van der Waals surface area contributed by atoms with Crippen molar-refractivity contribution in [3.63, 3.8) is 0 Å². The predicted molar refractivity (Wildman–Crippen MR) is 51.0 cm³/mol. The molecule has 1 aromatic heterocycles. The van der Waals surface area contributed by atoms with Gasteiger partial charge in [-0.05, 0) is 12.1 Å². The average Bonchev–Trinajstić information content (AvgIpc) is 2.33. The van der Waals surface area contributed by atoms with Gasteiger partial charge in [0, 0.05) is 4.47 Å². The van der Waals surface area contributed by atoms with Crippen LogP contribution in [0.5, 0.6) is 0 Å². The third-order valence-electron chi connectivity index (χ3n) is 1.68. The zero-order chi connectivity index (χ0) is 8.72. The Kier molecular flexibility index (Phi) is 1.47. The second kappa shape index (κ2) is 2.38. The third-order valence-corrected chi connectivity index (χ3v) is 2.14. The second-order valence-electron chi connectivity index (χ2n) is 2.50. The minimum absolute atomic E-state index is 0.155. The first kappa shape index (κ1) is 7.42. The molecule has 0 fully saturated rings. The summed E-state index contributed by atoms with van der Waals surface area (Å²) < 4.78 is 0.803. The monoisotopic (exact) mass is 227 g/mol. The molecule has 2 rings (SSSR count). The highest BCUT2D eigenvalue weighted by molar-refractivity contribution is 9.10. The number of halogens is 1. The third kappa shape index (κ3) is 0.937. The first-order valence-electron chi connectivity index (χ1n) is 3.34. The molecule has 62 valence electrons. The van der Waals surface area contributed by atoms with Crippen molar-refractivity contribution in [2.75, 3.05) is 5.73 Å². The molecule has 0 amide bonds. The lowest BCUT2D eigenvalue weighted by molar-refractivity contribution is 1.08. The summed E-state index contributed by atoms with van der Waals surface area (Å²) in [6.45, 7) is 0. The summed E-state index contributed by atoms with van der Waals surface area (Å²) in [5.41, 5.74) is 6.70. The standard InChI is InChI=1S/C7H6BrN3O/c8-3-1-4-6(5(9)2-3)10-11-7(4)12/h1-2H,9H2,(H2,10,11,12). The smallest absolute Gasteiger partial charge is 0.271 e. The minimum Gasteiger partial charge on any atom is -0.397 e. The van der Waals surface area contributed by atoms with Gasteiger partial charge < -0.3 is 5.73 Å². The maximum Gasteiger partial charge on any atom is 0.271 e. The molecule has 12 heavy (non-hydrogen) atoms. The number of nitrogens with two attached hydrogens (primary N) is 1. The van der Waals surface area contributed by atoms with Gasteiger partial charge in [-0.15, -0.1) is 0 Å². The van der Waals surface area contributed by atoms with Crippen LogP contribution in [0.2, 0.25) is 0 Å². The van der Waals surface area contributed by atoms with Gasteiger partial charge in [-0.25, -0.2) is 0 Å². The van der Waals surface area contributed by atoms with E-state index >= 15 is 0 Å². The summed E-state index contributed by atoms with van der Waals surface area (Å²) in [6.07, 6.45) is 0. The molecule has 4 N–H and O–H groups in total. The fourth-order valence-corrected chi connectivity index (χ4v) is 1.61. The summed E-state index contributed by atoms with van der Waals surface area (Å²) in [5.74, 6) is 0. The van der Waals surface area contributed by atoms with Crippen molar-refractivity contribution in [2.24, 2.45) is 0 Å². The minimum atomic E-state index is -0.155. The van der Waals surface area contributed by atoms with Crippen molar-refractivity contribution in [2.45, 2.75) is 0 Å². The van der Waals surface area contributed by atoms with Crippen molar-refractivity contribution >= 4 is 32.5 Å². The predicted octanol–water partition coefficient (Wildman–Crippen LogP) is 1.20. The molecule has 1 heterocycles. The fourth-order valence-electron chi connectivity index (χ4n) is 1.13. The molecular weight excluding hydrogens is 222 g/mol. The molecule has 4 nitrogen and oxygen atoms in total. The van der Waals surface area contributed by atoms with Crippen molar-refractivity contribution in [1.82, 2.24) is 10.2 Å². The normalized spacial score (nSPS) is 10.8. The number of hydrogen-bond donors (Lipinski definition) is 3. The van der Waals surface area contributed by atoms with E-state index in [1.807, 2.05) is 0 Å². The van der Waals surface area contributed by atoms with Gasteiger partial charge in [0.1, 0.15) is 0 Å². The lowest BCUT2D eigenvalue weighted by atomic mass is 10.2. The van der Waals surface area contributed by atoms with Crippen LogP contribution in [0.1, 0.15) is 0 Å². The molecule has 0 saturated carbocycles. The van der Waals surface area contributed by atoms with Crippen LogP contribution in [0, 0.1) is 0 Å². The van der Waals surface area contributed by atoms with Gasteiger partial charge in [-0.3, -0.25) is 15.0 Å². The average molecular weight is 228 g/mol. The first-order valence-corrected chi connectivity index (χ1v) is 4.13. The number of benzene rings is 1. The highest BCUT2D eigenvalue weighted by atomic mass is 79.9. The van der Waals surface area contributed by atoms with Gasteiger partial charge in [0.05, 0.1) is 16.6 Å². The summed E-state index contributed by atoms with van der Waals surface area (Å²) in [6, 6.07) is 3.47. The largest absolute Gasteiger partial charge is 0.397 e. The molecule has 0 spiro atoms. The van der Waals surface area contributed by atoms with E-state index in [1.54, 1.807) is 12.1 Å². The Morgan fingerprint density at radius 1 is 1.33 bits per heavy atom. The summed E-state index contributed by atoms with van der Waals surface area (Å²) in [4.78, 5) is 11.1. The molecule has 0 atom stereocenters. The Morgan fingerprint density at radius 2 is 2.08 bits per heavy atom. The van der Waals surface area contributed by atoms with Crippen LogP contribution in [0.25, 0.3) is 10.9 Å². The number of anilines is 1. The quantitative estimate of drug-likeness (QED) is 0.592. The Labute approximate surface area is 75.9 Å². The molecule has 0 bridgehead atoms. The highest BCUT2D eigenvalue weighted by Gasteiger charge is 2.04.